The zero-order valence-electron chi connectivity index (χ0n) is 21.7. The van der Waals surface area contributed by atoms with Gasteiger partial charge in [-0.3, -0.25) is 14.6 Å². The normalized spacial score (nSPS) is 15.4. The Morgan fingerprint density at radius 1 is 1.05 bits per heavy atom. The van der Waals surface area contributed by atoms with Crippen LogP contribution >= 0.6 is 0 Å². The number of pyridine rings is 1. The van der Waals surface area contributed by atoms with E-state index in [9.17, 15) is 14.7 Å². The van der Waals surface area contributed by atoms with Crippen molar-refractivity contribution in [2.45, 2.75) is 39.3 Å². The maximum Gasteiger partial charge on any atom is 0.290 e. The van der Waals surface area contributed by atoms with E-state index in [0.29, 0.717) is 30.3 Å². The number of ketones is 1. The van der Waals surface area contributed by atoms with Crippen LogP contribution in [0.3, 0.4) is 0 Å². The van der Waals surface area contributed by atoms with E-state index in [1.54, 1.807) is 36.7 Å². The van der Waals surface area contributed by atoms with Gasteiger partial charge in [-0.1, -0.05) is 61.9 Å². The zero-order valence-corrected chi connectivity index (χ0v) is 21.7. The number of aromatic nitrogens is 1. The van der Waals surface area contributed by atoms with Crippen LogP contribution < -0.4 is 9.47 Å². The summed E-state index contributed by atoms with van der Waals surface area (Å²) in [6.07, 6.45) is 8.28. The fourth-order valence-corrected chi connectivity index (χ4v) is 4.34. The lowest BCUT2D eigenvalue weighted by Crippen LogP contribution is -2.30. The average Bonchev–Trinajstić information content (AvgIpc) is 3.19. The summed E-state index contributed by atoms with van der Waals surface area (Å²) in [5, 5.41) is 10.9. The van der Waals surface area contributed by atoms with Gasteiger partial charge in [-0.2, -0.15) is 0 Å². The highest BCUT2D eigenvalue weighted by molar-refractivity contribution is 6.14. The predicted molar refractivity (Wildman–Crippen MR) is 146 cm³/mol. The molecule has 0 bridgehead atoms. The Labute approximate surface area is 223 Å². The number of nitrogens with zero attached hydrogens (tertiary/aromatic N) is 2. The summed E-state index contributed by atoms with van der Waals surface area (Å²) in [5.41, 5.74) is 2.26. The molecule has 1 atom stereocenters. The van der Waals surface area contributed by atoms with Gasteiger partial charge in [0.25, 0.3) is 5.91 Å². The van der Waals surface area contributed by atoms with E-state index < -0.39 is 23.5 Å². The number of ether oxygens (including phenoxy) is 2. The molecule has 1 aromatic heterocycles. The summed E-state index contributed by atoms with van der Waals surface area (Å²) in [5.74, 6) is -0.496. The Morgan fingerprint density at radius 3 is 2.58 bits per heavy atom. The van der Waals surface area contributed by atoms with Crippen LogP contribution in [0.25, 0.3) is 6.08 Å². The second-order valence-electron chi connectivity index (χ2n) is 8.91. The maximum absolute atomic E-state index is 13.5. The third-order valence-electron chi connectivity index (χ3n) is 6.21. The predicted octanol–water partition coefficient (Wildman–Crippen LogP) is 5.84. The molecule has 196 valence electrons. The number of unbranched alkanes of at least 4 members (excludes halogenated alkanes) is 1. The molecule has 1 unspecified atom stereocenters. The van der Waals surface area contributed by atoms with Gasteiger partial charge in [-0.05, 0) is 54.3 Å². The van der Waals surface area contributed by atoms with Gasteiger partial charge >= 0.3 is 0 Å². The lowest BCUT2D eigenvalue weighted by Gasteiger charge is -2.27. The minimum absolute atomic E-state index is 0.0215. The van der Waals surface area contributed by atoms with Crippen LogP contribution in [0.5, 0.6) is 11.5 Å². The number of benzene rings is 2. The Kier molecular flexibility index (Phi) is 8.93. The van der Waals surface area contributed by atoms with Crippen LogP contribution in [0.2, 0.25) is 0 Å². The smallest absolute Gasteiger partial charge is 0.290 e. The first kappa shape index (κ1) is 26.7. The Hall–Kier alpha value is -4.39. The second kappa shape index (κ2) is 12.7. The van der Waals surface area contributed by atoms with Crippen molar-refractivity contribution < 1.29 is 24.2 Å². The van der Waals surface area contributed by atoms with E-state index in [2.05, 4.69) is 11.9 Å². The van der Waals surface area contributed by atoms with E-state index in [0.717, 1.165) is 24.0 Å². The minimum atomic E-state index is -0.820. The number of aliphatic hydroxyl groups excluding tert-OH is 1. The van der Waals surface area contributed by atoms with Crippen molar-refractivity contribution in [1.29, 1.82) is 0 Å². The van der Waals surface area contributed by atoms with Gasteiger partial charge < -0.3 is 19.5 Å². The highest BCUT2D eigenvalue weighted by Gasteiger charge is 2.43. The molecule has 7 nitrogen and oxygen atoms in total. The first-order chi connectivity index (χ1) is 18.5. The van der Waals surface area contributed by atoms with Gasteiger partial charge in [-0.25, -0.2) is 0 Å². The molecule has 0 spiro atoms. The minimum Gasteiger partial charge on any atom is -0.503 e. The van der Waals surface area contributed by atoms with E-state index in [-0.39, 0.29) is 12.1 Å². The van der Waals surface area contributed by atoms with E-state index >= 15 is 0 Å². The largest absolute Gasteiger partial charge is 0.503 e. The lowest BCUT2D eigenvalue weighted by molar-refractivity contribution is -0.130. The molecule has 4 rings (SSSR count). The first-order valence-corrected chi connectivity index (χ1v) is 12.8. The molecule has 0 saturated carbocycles. The number of rotatable bonds is 12. The summed E-state index contributed by atoms with van der Waals surface area (Å²) in [4.78, 5) is 32.4. The summed E-state index contributed by atoms with van der Waals surface area (Å²) in [7, 11) is 0. The van der Waals surface area contributed by atoms with Crippen LogP contribution in [0, 0.1) is 0 Å². The van der Waals surface area contributed by atoms with Gasteiger partial charge in [0.2, 0.25) is 0 Å². The molecule has 1 aliphatic heterocycles. The monoisotopic (exact) mass is 512 g/mol. The number of allylic oxidation sites excluding steroid dienone is 1. The quantitative estimate of drug-likeness (QED) is 0.242. The van der Waals surface area contributed by atoms with E-state index in [1.807, 2.05) is 49.4 Å². The fraction of sp³-hybridized carbons (Fsp3) is 0.258. The SMILES string of the molecule is CCCCOc1ccc(C2C(C(=O)C=Cc3ccccc3)=C(O)C(=O)N2Cc2cccnc2)cc1OCC. The van der Waals surface area contributed by atoms with Crippen molar-refractivity contribution in [1.82, 2.24) is 9.88 Å². The van der Waals surface area contributed by atoms with E-state index in [4.69, 9.17) is 9.47 Å². The molecule has 0 saturated heterocycles. The fourth-order valence-electron chi connectivity index (χ4n) is 4.34. The van der Waals surface area contributed by atoms with Crippen molar-refractivity contribution in [3.05, 3.63) is 107 Å². The maximum atomic E-state index is 13.5. The number of carbonyl (C=O) groups is 2. The molecule has 1 amide bonds. The molecule has 1 N–H and O–H groups in total. The van der Waals surface area contributed by atoms with Crippen molar-refractivity contribution >= 4 is 17.8 Å². The van der Waals surface area contributed by atoms with Gasteiger partial charge in [0.1, 0.15) is 0 Å². The van der Waals surface area contributed by atoms with Crippen LogP contribution in [0.1, 0.15) is 49.4 Å². The van der Waals surface area contributed by atoms with Crippen molar-refractivity contribution in [2.24, 2.45) is 0 Å². The Morgan fingerprint density at radius 2 is 1.87 bits per heavy atom. The summed E-state index contributed by atoms with van der Waals surface area (Å²) in [6, 6.07) is 17.6. The molecule has 38 heavy (non-hydrogen) atoms. The molecule has 1 aliphatic rings. The number of hydrogen-bond donors (Lipinski definition) is 1. The summed E-state index contributed by atoms with van der Waals surface area (Å²) in [6.45, 7) is 5.11. The molecule has 0 radical (unpaired) electrons. The summed E-state index contributed by atoms with van der Waals surface area (Å²) >= 11 is 0. The van der Waals surface area contributed by atoms with Gasteiger partial charge in [0, 0.05) is 18.9 Å². The molecule has 2 heterocycles. The lowest BCUT2D eigenvalue weighted by atomic mass is 9.95. The van der Waals surface area contributed by atoms with Crippen LogP contribution in [-0.2, 0) is 16.1 Å². The molecule has 0 aliphatic carbocycles. The molecule has 7 heteroatoms. The Bertz CT molecular complexity index is 1320. The van der Waals surface area contributed by atoms with Crippen molar-refractivity contribution in [3.63, 3.8) is 0 Å². The third-order valence-corrected chi connectivity index (χ3v) is 6.21. The standard InChI is InChI=1S/C31H32N2O5/c1-3-5-18-38-26-16-14-24(19-27(26)37-4-2)29-28(25(34)15-13-22-10-7-6-8-11-22)30(35)31(36)33(29)21-23-12-9-17-32-20-23/h6-17,19-20,29,35H,3-5,18,21H2,1-2H3. The summed E-state index contributed by atoms with van der Waals surface area (Å²) < 4.78 is 11.8. The zero-order chi connectivity index (χ0) is 26.9. The third kappa shape index (κ3) is 6.11. The Balaban J connectivity index is 1.74. The highest BCUT2D eigenvalue weighted by Crippen LogP contribution is 2.42. The highest BCUT2D eigenvalue weighted by atomic mass is 16.5. The van der Waals surface area contributed by atoms with Gasteiger partial charge in [0.05, 0.1) is 24.8 Å². The molecule has 3 aromatic rings. The molecular weight excluding hydrogens is 480 g/mol. The molecular formula is C31H32N2O5. The number of hydrogen-bond acceptors (Lipinski definition) is 6. The number of aliphatic hydroxyl groups is 1. The molecule has 0 fully saturated rings. The van der Waals surface area contributed by atoms with Crippen molar-refractivity contribution in [3.8, 4) is 11.5 Å². The number of carbonyl (C=O) groups excluding carboxylic acids is 2. The van der Waals surface area contributed by atoms with Gasteiger partial charge in [-0.15, -0.1) is 0 Å². The second-order valence-corrected chi connectivity index (χ2v) is 8.91. The topological polar surface area (TPSA) is 89.0 Å². The van der Waals surface area contributed by atoms with Crippen LogP contribution in [-0.4, -0.2) is 39.9 Å². The van der Waals surface area contributed by atoms with E-state index in [1.165, 1.54) is 11.0 Å². The number of amides is 1. The van der Waals surface area contributed by atoms with Gasteiger partial charge in [0.15, 0.2) is 23.0 Å². The van der Waals surface area contributed by atoms with Crippen molar-refractivity contribution in [2.75, 3.05) is 13.2 Å². The van der Waals surface area contributed by atoms with Crippen LogP contribution in [0.4, 0.5) is 0 Å². The molecule has 2 aromatic carbocycles. The first-order valence-electron chi connectivity index (χ1n) is 12.8. The average molecular weight is 513 g/mol. The van der Waals surface area contributed by atoms with Crippen LogP contribution in [0.15, 0.2) is 90.5 Å².